The van der Waals surface area contributed by atoms with Crippen molar-refractivity contribution in [2.75, 3.05) is 0 Å². The number of benzene rings is 8. The predicted molar refractivity (Wildman–Crippen MR) is 281 cm³/mol. The van der Waals surface area contributed by atoms with Crippen molar-refractivity contribution in [2.45, 2.75) is 51.4 Å². The van der Waals surface area contributed by atoms with E-state index in [1.54, 1.807) is 0 Å². The summed E-state index contributed by atoms with van der Waals surface area (Å²) in [4.78, 5) is 16.4. The second kappa shape index (κ2) is 14.2. The third kappa shape index (κ3) is 5.53. The molecular weight excluding hydrogens is 827 g/mol. The van der Waals surface area contributed by atoms with E-state index < -0.39 is 0 Å². The Morgan fingerprint density at radius 2 is 0.838 bits per heavy atom. The van der Waals surface area contributed by atoms with Crippen molar-refractivity contribution in [1.82, 2.24) is 24.1 Å². The molecule has 0 atom stereocenters. The Morgan fingerprint density at radius 1 is 0.382 bits per heavy atom. The number of allylic oxidation sites excluding steroid dienone is 4. The summed E-state index contributed by atoms with van der Waals surface area (Å²) in [5.74, 6) is 1.88. The van der Waals surface area contributed by atoms with Crippen LogP contribution in [0.15, 0.2) is 188 Å². The van der Waals surface area contributed by atoms with Crippen LogP contribution >= 0.6 is 0 Å². The number of fused-ring (bicyclic) bond motifs is 12. The summed E-state index contributed by atoms with van der Waals surface area (Å²) in [5, 5.41) is 4.81. The van der Waals surface area contributed by atoms with Gasteiger partial charge in [-0.1, -0.05) is 173 Å². The van der Waals surface area contributed by atoms with Crippen LogP contribution < -0.4 is 0 Å². The van der Waals surface area contributed by atoms with Crippen LogP contribution in [-0.4, -0.2) is 24.1 Å². The molecule has 0 aliphatic heterocycles. The zero-order valence-corrected chi connectivity index (χ0v) is 38.5. The molecule has 68 heavy (non-hydrogen) atoms. The fourth-order valence-corrected chi connectivity index (χ4v) is 12.0. The van der Waals surface area contributed by atoms with Gasteiger partial charge in [0.15, 0.2) is 11.6 Å². The van der Waals surface area contributed by atoms with Crippen molar-refractivity contribution in [3.05, 3.63) is 210 Å². The van der Waals surface area contributed by atoms with Gasteiger partial charge in [0.2, 0.25) is 5.95 Å². The third-order valence-electron chi connectivity index (χ3n) is 15.4. The van der Waals surface area contributed by atoms with Gasteiger partial charge >= 0.3 is 0 Å². The number of aromatic nitrogens is 5. The van der Waals surface area contributed by atoms with Crippen molar-refractivity contribution in [2.24, 2.45) is 0 Å². The number of hydrogen-bond acceptors (Lipinski definition) is 3. The quantitative estimate of drug-likeness (QED) is 0.173. The summed E-state index contributed by atoms with van der Waals surface area (Å²) in [6, 6.07) is 62.4. The predicted octanol–water partition coefficient (Wildman–Crippen LogP) is 15.9. The molecule has 8 aromatic carbocycles. The van der Waals surface area contributed by atoms with E-state index >= 15 is 0 Å². The Balaban J connectivity index is 0.987. The largest absolute Gasteiger partial charge is 0.310 e. The second-order valence-electron chi connectivity index (χ2n) is 19.9. The molecule has 0 radical (unpaired) electrons. The van der Waals surface area contributed by atoms with E-state index in [9.17, 15) is 0 Å². The van der Waals surface area contributed by atoms with E-state index in [1.807, 2.05) is 0 Å². The van der Waals surface area contributed by atoms with E-state index in [-0.39, 0.29) is 10.8 Å². The maximum atomic E-state index is 5.48. The van der Waals surface area contributed by atoms with Crippen molar-refractivity contribution in [3.8, 4) is 62.1 Å². The fraction of sp³-hybridized carbons (Fsp3) is 0.127. The van der Waals surface area contributed by atoms with Crippen LogP contribution in [0.25, 0.3) is 111 Å². The van der Waals surface area contributed by atoms with E-state index in [1.165, 1.54) is 72.0 Å². The SMILES string of the molecule is CC1(C)c2ccccc2-c2ccc(-c3nc(-c4ccc5c(c4)C(C)(C)c4ccccc4-5)nc(-n4c5ccccc5c5ccc(-c6ccc7c8ccccc8n(C8=CCCC=C8)c7c6)cc54)n3)cc21. The minimum atomic E-state index is -0.175. The minimum Gasteiger partial charge on any atom is -0.310 e. The highest BCUT2D eigenvalue weighted by Gasteiger charge is 2.37. The molecule has 14 rings (SSSR count). The van der Waals surface area contributed by atoms with Crippen molar-refractivity contribution >= 4 is 49.3 Å². The normalized spacial score (nSPS) is 15.2. The van der Waals surface area contributed by atoms with Crippen molar-refractivity contribution < 1.29 is 0 Å². The second-order valence-corrected chi connectivity index (χ2v) is 19.9. The fourth-order valence-electron chi connectivity index (χ4n) is 12.0. The summed E-state index contributed by atoms with van der Waals surface area (Å²) in [6.07, 6.45) is 9.04. The van der Waals surface area contributed by atoms with Crippen LogP contribution in [-0.2, 0) is 10.8 Å². The Morgan fingerprint density at radius 3 is 1.38 bits per heavy atom. The highest BCUT2D eigenvalue weighted by molar-refractivity contribution is 6.13. The van der Waals surface area contributed by atoms with Crippen LogP contribution in [0.2, 0.25) is 0 Å². The number of hydrogen-bond donors (Lipinski definition) is 0. The number of rotatable bonds is 5. The molecule has 0 bridgehead atoms. The van der Waals surface area contributed by atoms with Gasteiger partial charge in [-0.25, -0.2) is 4.98 Å². The molecule has 0 fully saturated rings. The first kappa shape index (κ1) is 39.1. The lowest BCUT2D eigenvalue weighted by Crippen LogP contribution is -2.15. The lowest BCUT2D eigenvalue weighted by molar-refractivity contribution is 0.660. The zero-order valence-electron chi connectivity index (χ0n) is 38.5. The summed E-state index contributed by atoms with van der Waals surface area (Å²) in [6.45, 7) is 9.31. The maximum Gasteiger partial charge on any atom is 0.238 e. The van der Waals surface area contributed by atoms with Gasteiger partial charge in [-0.15, -0.1) is 0 Å². The van der Waals surface area contributed by atoms with Crippen LogP contribution in [0.3, 0.4) is 0 Å². The van der Waals surface area contributed by atoms with Gasteiger partial charge in [-0.05, 0) is 111 Å². The average Bonchev–Trinajstić information content (AvgIpc) is 4.04. The Kier molecular flexibility index (Phi) is 8.14. The summed E-state index contributed by atoms with van der Waals surface area (Å²) in [7, 11) is 0. The van der Waals surface area contributed by atoms with Gasteiger partial charge in [0.05, 0.1) is 22.1 Å². The highest BCUT2D eigenvalue weighted by atomic mass is 15.2. The molecule has 3 aliphatic carbocycles. The molecular formula is C63H47N5. The highest BCUT2D eigenvalue weighted by Crippen LogP contribution is 2.51. The van der Waals surface area contributed by atoms with E-state index in [4.69, 9.17) is 15.0 Å². The molecule has 3 aliphatic rings. The van der Waals surface area contributed by atoms with Gasteiger partial charge in [0, 0.05) is 49.2 Å². The smallest absolute Gasteiger partial charge is 0.238 e. The van der Waals surface area contributed by atoms with Crippen LogP contribution in [0.5, 0.6) is 0 Å². The Bertz CT molecular complexity index is 3910. The maximum absolute atomic E-state index is 5.48. The van der Waals surface area contributed by atoms with Crippen LogP contribution in [0.4, 0.5) is 0 Å². The molecule has 0 amide bonds. The van der Waals surface area contributed by atoms with Crippen molar-refractivity contribution in [3.63, 3.8) is 0 Å². The molecule has 5 heteroatoms. The van der Waals surface area contributed by atoms with Crippen LogP contribution in [0, 0.1) is 0 Å². The first-order valence-corrected chi connectivity index (χ1v) is 23.9. The zero-order chi connectivity index (χ0) is 45.5. The third-order valence-corrected chi connectivity index (χ3v) is 15.4. The van der Waals surface area contributed by atoms with Crippen molar-refractivity contribution in [1.29, 1.82) is 0 Å². The van der Waals surface area contributed by atoms with Gasteiger partial charge < -0.3 is 4.57 Å². The summed E-state index contributed by atoms with van der Waals surface area (Å²) < 4.78 is 4.70. The Labute approximate surface area is 395 Å². The molecule has 3 heterocycles. The van der Waals surface area contributed by atoms with E-state index in [0.29, 0.717) is 17.6 Å². The molecule has 11 aromatic rings. The van der Waals surface area contributed by atoms with Gasteiger partial charge in [-0.2, -0.15) is 9.97 Å². The van der Waals surface area contributed by atoms with E-state index in [2.05, 4.69) is 225 Å². The van der Waals surface area contributed by atoms with Crippen LogP contribution in [0.1, 0.15) is 62.8 Å². The Hall–Kier alpha value is -8.15. The summed E-state index contributed by atoms with van der Waals surface area (Å²) >= 11 is 0. The molecule has 0 saturated carbocycles. The lowest BCUT2D eigenvalue weighted by Gasteiger charge is -2.22. The molecule has 0 saturated heterocycles. The molecule has 0 spiro atoms. The lowest BCUT2D eigenvalue weighted by atomic mass is 9.82. The molecule has 0 N–H and O–H groups in total. The molecule has 0 unspecified atom stereocenters. The monoisotopic (exact) mass is 873 g/mol. The molecule has 324 valence electrons. The summed E-state index contributed by atoms with van der Waals surface area (Å²) in [5.41, 5.74) is 20.0. The van der Waals surface area contributed by atoms with Gasteiger partial charge in [0.25, 0.3) is 0 Å². The number of para-hydroxylation sites is 2. The molecule has 5 nitrogen and oxygen atoms in total. The molecule has 3 aromatic heterocycles. The minimum absolute atomic E-state index is 0.175. The average molecular weight is 874 g/mol. The van der Waals surface area contributed by atoms with Gasteiger partial charge in [-0.3, -0.25) is 4.57 Å². The van der Waals surface area contributed by atoms with E-state index in [0.717, 1.165) is 56.9 Å². The topological polar surface area (TPSA) is 48.5 Å². The van der Waals surface area contributed by atoms with Gasteiger partial charge in [0.1, 0.15) is 0 Å². The standard InChI is InChI=1S/C63H47N5/c1-62(2)51-22-12-8-18-43(51)45-30-28-40(34-53(45)62)59-64-60(41-29-31-46-44-19-9-13-23-52(44)63(3,4)54(46)35-41)66-61(65-59)68-56-25-15-11-21-48(56)50-33-27-39(37-58(50)68)38-26-32-49-47-20-10-14-24-55(47)67(57(49)36-38)42-16-6-5-7-17-42/h6,8-37H,5,7H2,1-4H3. The first-order chi connectivity index (χ1) is 33.2. The number of nitrogens with zero attached hydrogens (tertiary/aromatic N) is 5. The first-order valence-electron chi connectivity index (χ1n) is 23.9.